The Bertz CT molecular complexity index is 326. The Kier molecular flexibility index (Phi) is 4.61. The highest BCUT2D eigenvalue weighted by atomic mass is 16.5. The zero-order valence-corrected chi connectivity index (χ0v) is 9.14. The Hall–Kier alpha value is -1.57. The first kappa shape index (κ1) is 11.5. The van der Waals surface area contributed by atoms with Crippen LogP contribution in [0.4, 0.5) is 0 Å². The van der Waals surface area contributed by atoms with Crippen molar-refractivity contribution in [3.05, 3.63) is 48.0 Å². The van der Waals surface area contributed by atoms with Gasteiger partial charge in [-0.1, -0.05) is 36.4 Å². The van der Waals surface area contributed by atoms with Crippen molar-refractivity contribution in [2.75, 3.05) is 0 Å². The summed E-state index contributed by atoms with van der Waals surface area (Å²) >= 11 is 0. The van der Waals surface area contributed by atoms with Crippen LogP contribution in [0, 0.1) is 0 Å². The second kappa shape index (κ2) is 6.02. The van der Waals surface area contributed by atoms with Crippen LogP contribution in [0.25, 0.3) is 0 Å². The van der Waals surface area contributed by atoms with E-state index in [2.05, 4.69) is 0 Å². The molecule has 0 radical (unpaired) electrons. The van der Waals surface area contributed by atoms with Crippen molar-refractivity contribution in [3.8, 4) is 0 Å². The molecule has 0 unspecified atom stereocenters. The maximum absolute atomic E-state index is 11.1. The summed E-state index contributed by atoms with van der Waals surface area (Å²) in [6, 6.07) is 9.99. The molecule has 0 aliphatic rings. The van der Waals surface area contributed by atoms with E-state index in [0.717, 1.165) is 6.42 Å². The number of rotatable bonds is 4. The molecule has 0 amide bonds. The van der Waals surface area contributed by atoms with E-state index >= 15 is 0 Å². The predicted octanol–water partition coefficient (Wildman–Crippen LogP) is 2.74. The van der Waals surface area contributed by atoms with Crippen molar-refractivity contribution < 1.29 is 9.53 Å². The molecule has 0 aliphatic heterocycles. The van der Waals surface area contributed by atoms with E-state index in [9.17, 15) is 4.79 Å². The molecule has 2 heteroatoms. The minimum absolute atomic E-state index is 0.0566. The second-order valence-electron chi connectivity index (χ2n) is 3.58. The summed E-state index contributed by atoms with van der Waals surface area (Å²) in [4.78, 5) is 11.1. The van der Waals surface area contributed by atoms with Crippen molar-refractivity contribution in [3.63, 3.8) is 0 Å². The molecule has 1 aromatic carbocycles. The van der Waals surface area contributed by atoms with Crippen molar-refractivity contribution >= 4 is 5.97 Å². The lowest BCUT2D eigenvalue weighted by atomic mass is 10.1. The van der Waals surface area contributed by atoms with Gasteiger partial charge in [0.2, 0.25) is 0 Å². The van der Waals surface area contributed by atoms with Gasteiger partial charge in [0, 0.05) is 6.08 Å². The van der Waals surface area contributed by atoms with Gasteiger partial charge in [-0.15, -0.1) is 0 Å². The quantitative estimate of drug-likeness (QED) is 0.557. The van der Waals surface area contributed by atoms with Crippen LogP contribution in [0.3, 0.4) is 0 Å². The number of ether oxygens (including phenoxy) is 1. The molecule has 0 N–H and O–H groups in total. The van der Waals surface area contributed by atoms with Crippen LogP contribution in [-0.2, 0) is 16.0 Å². The summed E-state index contributed by atoms with van der Waals surface area (Å²) in [5.41, 5.74) is 1.19. The first-order chi connectivity index (χ1) is 7.18. The molecule has 0 atom stereocenters. The molecule has 0 saturated carbocycles. The summed E-state index contributed by atoms with van der Waals surface area (Å²) in [6.45, 7) is 3.67. The Labute approximate surface area is 90.6 Å². The van der Waals surface area contributed by atoms with Gasteiger partial charge in [-0.25, -0.2) is 4.79 Å². The standard InChI is InChI=1S/C13H16O2/c1-11(2)15-13(14)10-6-9-12-7-4-3-5-8-12/h3-8,10-11H,9H2,1-2H3. The maximum Gasteiger partial charge on any atom is 0.330 e. The lowest BCUT2D eigenvalue weighted by Gasteiger charge is -2.03. The van der Waals surface area contributed by atoms with Gasteiger partial charge in [0.05, 0.1) is 6.10 Å². The van der Waals surface area contributed by atoms with Crippen molar-refractivity contribution in [2.45, 2.75) is 26.4 Å². The first-order valence-electron chi connectivity index (χ1n) is 5.09. The number of allylic oxidation sites excluding steroid dienone is 1. The highest BCUT2D eigenvalue weighted by molar-refractivity contribution is 5.82. The monoisotopic (exact) mass is 204 g/mol. The summed E-state index contributed by atoms with van der Waals surface area (Å²) < 4.78 is 4.96. The molecule has 0 bridgehead atoms. The molecular formula is C13H16O2. The number of benzene rings is 1. The van der Waals surface area contributed by atoms with Crippen LogP contribution in [0.15, 0.2) is 42.5 Å². The number of hydrogen-bond donors (Lipinski definition) is 0. The largest absolute Gasteiger partial charge is 0.460 e. The Morgan fingerprint density at radius 1 is 1.33 bits per heavy atom. The van der Waals surface area contributed by atoms with E-state index in [4.69, 9.17) is 4.74 Å². The van der Waals surface area contributed by atoms with Crippen LogP contribution in [0.1, 0.15) is 19.4 Å². The summed E-state index contributed by atoms with van der Waals surface area (Å²) in [7, 11) is 0. The lowest BCUT2D eigenvalue weighted by molar-refractivity contribution is -0.141. The van der Waals surface area contributed by atoms with E-state index in [1.807, 2.05) is 50.3 Å². The van der Waals surface area contributed by atoms with E-state index in [1.54, 1.807) is 0 Å². The van der Waals surface area contributed by atoms with Gasteiger partial charge in [0.25, 0.3) is 0 Å². The van der Waals surface area contributed by atoms with E-state index in [0.29, 0.717) is 0 Å². The SMILES string of the molecule is CC(C)OC(=O)C=CCc1ccccc1. The van der Waals surface area contributed by atoms with Gasteiger partial charge in [-0.3, -0.25) is 0 Å². The topological polar surface area (TPSA) is 26.3 Å². The zero-order chi connectivity index (χ0) is 11.1. The maximum atomic E-state index is 11.1. The molecule has 0 heterocycles. The Morgan fingerprint density at radius 2 is 2.00 bits per heavy atom. The third-order valence-electron chi connectivity index (χ3n) is 1.80. The highest BCUT2D eigenvalue weighted by Crippen LogP contribution is 2.00. The predicted molar refractivity (Wildman–Crippen MR) is 60.5 cm³/mol. The molecule has 0 aromatic heterocycles. The average molecular weight is 204 g/mol. The van der Waals surface area contributed by atoms with Crippen LogP contribution >= 0.6 is 0 Å². The minimum atomic E-state index is -0.277. The third kappa shape index (κ3) is 5.01. The Balaban J connectivity index is 2.37. The van der Waals surface area contributed by atoms with Gasteiger partial charge in [-0.05, 0) is 25.8 Å². The zero-order valence-electron chi connectivity index (χ0n) is 9.14. The minimum Gasteiger partial charge on any atom is -0.460 e. The summed E-state index contributed by atoms with van der Waals surface area (Å²) in [5.74, 6) is -0.277. The number of carbonyl (C=O) groups excluding carboxylic acids is 1. The third-order valence-corrected chi connectivity index (χ3v) is 1.80. The molecule has 0 spiro atoms. The van der Waals surface area contributed by atoms with Crippen molar-refractivity contribution in [1.82, 2.24) is 0 Å². The van der Waals surface area contributed by atoms with Crippen LogP contribution in [0.5, 0.6) is 0 Å². The molecule has 1 aromatic rings. The van der Waals surface area contributed by atoms with E-state index in [1.165, 1.54) is 11.6 Å². The summed E-state index contributed by atoms with van der Waals surface area (Å²) in [6.07, 6.45) is 4.00. The highest BCUT2D eigenvalue weighted by Gasteiger charge is 1.98. The van der Waals surface area contributed by atoms with Gasteiger partial charge in [0.1, 0.15) is 0 Å². The molecule has 2 nitrogen and oxygen atoms in total. The molecule has 15 heavy (non-hydrogen) atoms. The average Bonchev–Trinajstić information content (AvgIpc) is 2.18. The fourth-order valence-electron chi connectivity index (χ4n) is 1.18. The molecule has 0 aliphatic carbocycles. The number of esters is 1. The Morgan fingerprint density at radius 3 is 2.60 bits per heavy atom. The normalized spacial score (nSPS) is 10.9. The molecular weight excluding hydrogens is 188 g/mol. The number of hydrogen-bond acceptors (Lipinski definition) is 2. The smallest absolute Gasteiger partial charge is 0.330 e. The van der Waals surface area contributed by atoms with Crippen LogP contribution in [-0.4, -0.2) is 12.1 Å². The molecule has 0 fully saturated rings. The van der Waals surface area contributed by atoms with E-state index in [-0.39, 0.29) is 12.1 Å². The first-order valence-corrected chi connectivity index (χ1v) is 5.09. The summed E-state index contributed by atoms with van der Waals surface area (Å²) in [5, 5.41) is 0. The number of carbonyl (C=O) groups is 1. The lowest BCUT2D eigenvalue weighted by Crippen LogP contribution is -2.08. The van der Waals surface area contributed by atoms with Gasteiger partial charge in [-0.2, -0.15) is 0 Å². The van der Waals surface area contributed by atoms with Crippen molar-refractivity contribution in [1.29, 1.82) is 0 Å². The van der Waals surface area contributed by atoms with Crippen LogP contribution < -0.4 is 0 Å². The van der Waals surface area contributed by atoms with Crippen LogP contribution in [0.2, 0.25) is 0 Å². The fraction of sp³-hybridized carbons (Fsp3) is 0.308. The fourth-order valence-corrected chi connectivity index (χ4v) is 1.18. The molecule has 0 saturated heterocycles. The molecule has 80 valence electrons. The van der Waals surface area contributed by atoms with Crippen molar-refractivity contribution in [2.24, 2.45) is 0 Å². The molecule has 1 rings (SSSR count). The van der Waals surface area contributed by atoms with Gasteiger partial charge in [0.15, 0.2) is 0 Å². The van der Waals surface area contributed by atoms with E-state index < -0.39 is 0 Å². The van der Waals surface area contributed by atoms with Gasteiger partial charge < -0.3 is 4.74 Å². The van der Waals surface area contributed by atoms with Gasteiger partial charge >= 0.3 is 5.97 Å². The second-order valence-corrected chi connectivity index (χ2v) is 3.58.